The quantitative estimate of drug-likeness (QED) is 0.737. The second-order valence-corrected chi connectivity index (χ2v) is 5.02. The first-order chi connectivity index (χ1) is 10.4. The number of methoxy groups -OCH3 is 2. The summed E-state index contributed by atoms with van der Waals surface area (Å²) in [5, 5.41) is 30.9. The van der Waals surface area contributed by atoms with Crippen molar-refractivity contribution in [1.29, 1.82) is 0 Å². The second kappa shape index (κ2) is 4.56. The molecular formula is C16H14O6. The van der Waals surface area contributed by atoms with Gasteiger partial charge in [0.1, 0.15) is 11.5 Å². The zero-order valence-electron chi connectivity index (χ0n) is 12.2. The lowest BCUT2D eigenvalue weighted by atomic mass is 9.86. The molecule has 0 saturated carbocycles. The molecule has 0 aliphatic heterocycles. The van der Waals surface area contributed by atoms with Crippen LogP contribution in [-0.2, 0) is 4.74 Å². The van der Waals surface area contributed by atoms with Crippen LogP contribution in [0.3, 0.4) is 0 Å². The van der Waals surface area contributed by atoms with Crippen LogP contribution in [-0.4, -0.2) is 35.3 Å². The molecular weight excluding hydrogens is 288 g/mol. The van der Waals surface area contributed by atoms with Crippen molar-refractivity contribution in [3.8, 4) is 23.0 Å². The van der Waals surface area contributed by atoms with Gasteiger partial charge in [0.25, 0.3) is 0 Å². The highest BCUT2D eigenvalue weighted by Gasteiger charge is 2.32. The number of rotatable bonds is 2. The number of aromatic hydroxyl groups is 3. The van der Waals surface area contributed by atoms with E-state index in [0.717, 1.165) is 0 Å². The maximum absolute atomic E-state index is 12.3. The van der Waals surface area contributed by atoms with Crippen molar-refractivity contribution in [3.05, 3.63) is 28.8 Å². The van der Waals surface area contributed by atoms with Crippen LogP contribution < -0.4 is 4.74 Å². The molecule has 3 N–H and O–H groups in total. The fourth-order valence-corrected chi connectivity index (χ4v) is 2.92. The molecule has 6 nitrogen and oxygen atoms in total. The number of phenols is 3. The van der Waals surface area contributed by atoms with E-state index in [2.05, 4.69) is 0 Å². The van der Waals surface area contributed by atoms with Crippen LogP contribution in [0.1, 0.15) is 21.5 Å². The molecule has 1 aliphatic carbocycles. The predicted molar refractivity (Wildman–Crippen MR) is 79.5 cm³/mol. The summed E-state index contributed by atoms with van der Waals surface area (Å²) in [5.74, 6) is -1.61. The molecule has 0 saturated heterocycles. The van der Waals surface area contributed by atoms with E-state index in [-0.39, 0.29) is 22.4 Å². The van der Waals surface area contributed by atoms with E-state index in [1.54, 1.807) is 6.92 Å². The summed E-state index contributed by atoms with van der Waals surface area (Å²) in [7, 11) is 2.73. The van der Waals surface area contributed by atoms with Gasteiger partial charge >= 0.3 is 0 Å². The van der Waals surface area contributed by atoms with Gasteiger partial charge in [-0.15, -0.1) is 0 Å². The van der Waals surface area contributed by atoms with E-state index in [4.69, 9.17) is 9.47 Å². The molecule has 0 radical (unpaired) electrons. The Balaban J connectivity index is 2.67. The maximum atomic E-state index is 12.3. The number of hydrogen-bond acceptors (Lipinski definition) is 6. The summed E-state index contributed by atoms with van der Waals surface area (Å²) in [6, 6.07) is 1.49. The molecule has 0 amide bonds. The van der Waals surface area contributed by atoms with Gasteiger partial charge in [-0.05, 0) is 18.6 Å². The third-order valence-corrected chi connectivity index (χ3v) is 3.84. The molecule has 0 bridgehead atoms. The highest BCUT2D eigenvalue weighted by molar-refractivity contribution is 6.25. The SMILES string of the molecule is COC1=CC(=O)c2c(O)c(O)c(OC)c3c(O)cc(C)c1c23. The molecule has 2 aromatic rings. The Bertz CT molecular complexity index is 863. The topological polar surface area (TPSA) is 96.2 Å². The zero-order valence-corrected chi connectivity index (χ0v) is 12.2. The van der Waals surface area contributed by atoms with Gasteiger partial charge in [-0.25, -0.2) is 0 Å². The zero-order chi connectivity index (χ0) is 16.2. The van der Waals surface area contributed by atoms with Gasteiger partial charge in [-0.3, -0.25) is 4.79 Å². The van der Waals surface area contributed by atoms with Crippen LogP contribution in [0.25, 0.3) is 16.5 Å². The lowest BCUT2D eigenvalue weighted by molar-refractivity contribution is 0.104. The van der Waals surface area contributed by atoms with Crippen LogP contribution in [0.2, 0.25) is 0 Å². The third kappa shape index (κ3) is 1.57. The number of benzene rings is 2. The summed E-state index contributed by atoms with van der Waals surface area (Å²) in [6.07, 6.45) is 1.24. The van der Waals surface area contributed by atoms with Crippen molar-refractivity contribution in [2.45, 2.75) is 6.92 Å². The molecule has 22 heavy (non-hydrogen) atoms. The van der Waals surface area contributed by atoms with Gasteiger partial charge in [0.15, 0.2) is 17.3 Å². The van der Waals surface area contributed by atoms with E-state index >= 15 is 0 Å². The highest BCUT2D eigenvalue weighted by atomic mass is 16.5. The molecule has 0 unspecified atom stereocenters. The Hall–Kier alpha value is -2.89. The van der Waals surface area contributed by atoms with Crippen molar-refractivity contribution in [1.82, 2.24) is 0 Å². The summed E-state index contributed by atoms with van der Waals surface area (Å²) in [6.45, 7) is 1.75. The van der Waals surface area contributed by atoms with Crippen molar-refractivity contribution in [2.75, 3.05) is 14.2 Å². The molecule has 1 aliphatic rings. The monoisotopic (exact) mass is 302 g/mol. The average Bonchev–Trinajstić information content (AvgIpc) is 2.48. The molecule has 2 aromatic carbocycles. The van der Waals surface area contributed by atoms with E-state index in [1.165, 1.54) is 26.4 Å². The minimum atomic E-state index is -0.585. The maximum Gasteiger partial charge on any atom is 0.202 e. The lowest BCUT2D eigenvalue weighted by Crippen LogP contribution is -2.09. The van der Waals surface area contributed by atoms with E-state index in [1.807, 2.05) is 0 Å². The van der Waals surface area contributed by atoms with Crippen molar-refractivity contribution >= 4 is 22.3 Å². The van der Waals surface area contributed by atoms with E-state index in [9.17, 15) is 20.1 Å². The van der Waals surface area contributed by atoms with Gasteiger partial charge in [0.05, 0.1) is 25.2 Å². The van der Waals surface area contributed by atoms with Crippen LogP contribution in [0, 0.1) is 6.92 Å². The van der Waals surface area contributed by atoms with E-state index < -0.39 is 17.3 Å². The Labute approximate surface area is 125 Å². The standard InChI is InChI=1S/C16H14O6/c1-6-4-7(17)12-13-10(6)9(21-2)5-8(18)11(13)14(19)15(20)16(12)22-3/h4-5,17,19-20H,1-3H3. The van der Waals surface area contributed by atoms with Gasteiger partial charge in [-0.2, -0.15) is 0 Å². The predicted octanol–water partition coefficient (Wildman–Crippen LogP) is 2.46. The molecule has 0 spiro atoms. The van der Waals surface area contributed by atoms with Gasteiger partial charge in [0, 0.05) is 17.0 Å². The molecule has 6 heteroatoms. The lowest BCUT2D eigenvalue weighted by Gasteiger charge is -2.22. The molecule has 0 heterocycles. The molecule has 3 rings (SSSR count). The number of carbonyl (C=O) groups excluding carboxylic acids is 1. The van der Waals surface area contributed by atoms with Crippen LogP contribution in [0.15, 0.2) is 12.1 Å². The second-order valence-electron chi connectivity index (χ2n) is 5.02. The van der Waals surface area contributed by atoms with Crippen molar-refractivity contribution in [2.24, 2.45) is 0 Å². The fourth-order valence-electron chi connectivity index (χ4n) is 2.92. The molecule has 0 aromatic heterocycles. The average molecular weight is 302 g/mol. The number of hydrogen-bond donors (Lipinski definition) is 3. The van der Waals surface area contributed by atoms with Crippen molar-refractivity contribution in [3.63, 3.8) is 0 Å². The Kier molecular flexibility index (Phi) is 2.91. The van der Waals surface area contributed by atoms with Crippen molar-refractivity contribution < 1.29 is 29.6 Å². The molecule has 0 fully saturated rings. The number of ether oxygens (including phenoxy) is 2. The third-order valence-electron chi connectivity index (χ3n) is 3.84. The molecule has 0 atom stereocenters. The smallest absolute Gasteiger partial charge is 0.202 e. The Morgan fingerprint density at radius 2 is 1.64 bits per heavy atom. The Morgan fingerprint density at radius 3 is 2.23 bits per heavy atom. The first-order valence-electron chi connectivity index (χ1n) is 6.50. The van der Waals surface area contributed by atoms with E-state index in [0.29, 0.717) is 22.3 Å². The first kappa shape index (κ1) is 14.1. The number of aryl methyl sites for hydroxylation is 1. The van der Waals surface area contributed by atoms with Gasteiger partial charge < -0.3 is 24.8 Å². The van der Waals surface area contributed by atoms with Crippen LogP contribution in [0.4, 0.5) is 0 Å². The highest BCUT2D eigenvalue weighted by Crippen LogP contribution is 2.52. The number of allylic oxidation sites excluding steroid dienone is 1. The normalized spacial score (nSPS) is 13.2. The summed E-state index contributed by atoms with van der Waals surface area (Å²) < 4.78 is 10.3. The minimum Gasteiger partial charge on any atom is -0.507 e. The first-order valence-corrected chi connectivity index (χ1v) is 6.50. The largest absolute Gasteiger partial charge is 0.507 e. The number of ketones is 1. The van der Waals surface area contributed by atoms with Crippen LogP contribution in [0.5, 0.6) is 23.0 Å². The summed E-state index contributed by atoms with van der Waals surface area (Å²) in [4.78, 5) is 12.3. The minimum absolute atomic E-state index is 0.0805. The number of phenolic OH excluding ortho intramolecular Hbond substituents is 3. The summed E-state index contributed by atoms with van der Waals surface area (Å²) in [5.41, 5.74) is 1.15. The van der Waals surface area contributed by atoms with Crippen LogP contribution >= 0.6 is 0 Å². The summed E-state index contributed by atoms with van der Waals surface area (Å²) >= 11 is 0. The number of carbonyl (C=O) groups is 1. The fraction of sp³-hybridized carbons (Fsp3) is 0.188. The van der Waals surface area contributed by atoms with Gasteiger partial charge in [-0.1, -0.05) is 0 Å². The molecule has 114 valence electrons. The van der Waals surface area contributed by atoms with Gasteiger partial charge in [0.2, 0.25) is 5.75 Å². The Morgan fingerprint density at radius 1 is 0.955 bits per heavy atom.